The Labute approximate surface area is 105 Å². The summed E-state index contributed by atoms with van der Waals surface area (Å²) in [4.78, 5) is 0. The molecule has 17 heavy (non-hydrogen) atoms. The minimum absolute atomic E-state index is 0.863. The fourth-order valence-corrected chi connectivity index (χ4v) is 11.2. The molecular formula is C14H24O2Si. The predicted octanol–water partition coefficient (Wildman–Crippen LogP) is 3.32. The van der Waals surface area contributed by atoms with Gasteiger partial charge in [-0.15, -0.1) is 0 Å². The lowest BCUT2D eigenvalue weighted by atomic mass is 10.2. The first-order valence-electron chi connectivity index (χ1n) is 7.44. The van der Waals surface area contributed by atoms with Crippen molar-refractivity contribution in [2.45, 2.75) is 49.6 Å². The molecule has 0 heterocycles. The summed E-state index contributed by atoms with van der Waals surface area (Å²) >= 11 is 0. The SMILES string of the molecule is CO[Si](OC)(C1C2CCCC21)C1C2CCCC21. The van der Waals surface area contributed by atoms with Crippen molar-refractivity contribution in [1.29, 1.82) is 0 Å². The summed E-state index contributed by atoms with van der Waals surface area (Å²) in [5.41, 5.74) is 1.73. The lowest BCUT2D eigenvalue weighted by Crippen LogP contribution is -2.44. The summed E-state index contributed by atoms with van der Waals surface area (Å²) in [6, 6.07) is 0. The van der Waals surface area contributed by atoms with Crippen LogP contribution in [0.1, 0.15) is 38.5 Å². The van der Waals surface area contributed by atoms with E-state index in [0.29, 0.717) is 0 Å². The molecule has 96 valence electrons. The molecule has 0 N–H and O–H groups in total. The molecule has 4 atom stereocenters. The maximum atomic E-state index is 6.12. The van der Waals surface area contributed by atoms with Gasteiger partial charge in [0.15, 0.2) is 0 Å². The van der Waals surface area contributed by atoms with Gasteiger partial charge in [0.05, 0.1) is 0 Å². The lowest BCUT2D eigenvalue weighted by molar-refractivity contribution is 0.228. The number of fused-ring (bicyclic) bond motifs is 2. The molecule has 0 spiro atoms. The third-order valence-electron chi connectivity index (χ3n) is 6.38. The van der Waals surface area contributed by atoms with Crippen LogP contribution in [0.25, 0.3) is 0 Å². The van der Waals surface area contributed by atoms with Gasteiger partial charge in [-0.2, -0.15) is 0 Å². The van der Waals surface area contributed by atoms with Crippen LogP contribution in [0, 0.1) is 23.7 Å². The zero-order valence-electron chi connectivity index (χ0n) is 11.0. The summed E-state index contributed by atoms with van der Waals surface area (Å²) in [5.74, 6) is 3.96. The summed E-state index contributed by atoms with van der Waals surface area (Å²) in [6.07, 6.45) is 8.75. The van der Waals surface area contributed by atoms with Gasteiger partial charge < -0.3 is 8.85 Å². The first kappa shape index (κ1) is 11.0. The molecular weight excluding hydrogens is 228 g/mol. The van der Waals surface area contributed by atoms with E-state index < -0.39 is 8.56 Å². The highest BCUT2D eigenvalue weighted by Crippen LogP contribution is 2.76. The Kier molecular flexibility index (Phi) is 2.32. The van der Waals surface area contributed by atoms with E-state index >= 15 is 0 Å². The van der Waals surface area contributed by atoms with E-state index in [-0.39, 0.29) is 0 Å². The van der Waals surface area contributed by atoms with Gasteiger partial charge in [0, 0.05) is 25.3 Å². The van der Waals surface area contributed by atoms with Crippen LogP contribution < -0.4 is 0 Å². The largest absolute Gasteiger partial charge is 0.397 e. The maximum Gasteiger partial charge on any atom is 0.345 e. The molecule has 0 aromatic rings. The predicted molar refractivity (Wildman–Crippen MR) is 68.9 cm³/mol. The first-order chi connectivity index (χ1) is 8.33. The summed E-state index contributed by atoms with van der Waals surface area (Å²) in [6.45, 7) is 0. The second kappa shape index (κ2) is 3.58. The Bertz CT molecular complexity index is 280. The summed E-state index contributed by atoms with van der Waals surface area (Å²) in [5, 5.41) is 0. The Morgan fingerprint density at radius 3 is 1.35 bits per heavy atom. The maximum absolute atomic E-state index is 6.12. The van der Waals surface area contributed by atoms with E-state index in [4.69, 9.17) is 8.85 Å². The molecule has 0 amide bonds. The van der Waals surface area contributed by atoms with E-state index in [0.717, 1.165) is 34.8 Å². The van der Waals surface area contributed by atoms with Gasteiger partial charge in [-0.05, 0) is 49.4 Å². The lowest BCUT2D eigenvalue weighted by Gasteiger charge is -2.31. The number of rotatable bonds is 4. The second-order valence-corrected chi connectivity index (χ2v) is 10.3. The molecule has 4 rings (SSSR count). The van der Waals surface area contributed by atoms with Gasteiger partial charge in [0.2, 0.25) is 0 Å². The minimum Gasteiger partial charge on any atom is -0.397 e. The molecule has 4 unspecified atom stereocenters. The molecule has 4 fully saturated rings. The van der Waals surface area contributed by atoms with Crippen LogP contribution in [0.2, 0.25) is 11.1 Å². The molecule has 0 aromatic heterocycles. The van der Waals surface area contributed by atoms with Gasteiger partial charge in [-0.3, -0.25) is 0 Å². The Morgan fingerprint density at radius 1 is 0.706 bits per heavy atom. The highest BCUT2D eigenvalue weighted by Gasteiger charge is 2.75. The molecule has 4 aliphatic carbocycles. The van der Waals surface area contributed by atoms with Gasteiger partial charge in [-0.1, -0.05) is 12.8 Å². The molecule has 4 saturated carbocycles. The van der Waals surface area contributed by atoms with E-state index in [1.165, 1.54) is 38.5 Å². The van der Waals surface area contributed by atoms with Crippen LogP contribution in [0.4, 0.5) is 0 Å². The van der Waals surface area contributed by atoms with Crippen molar-refractivity contribution < 1.29 is 8.85 Å². The zero-order valence-corrected chi connectivity index (χ0v) is 12.0. The monoisotopic (exact) mass is 252 g/mol. The molecule has 0 saturated heterocycles. The van der Waals surface area contributed by atoms with E-state index in [2.05, 4.69) is 0 Å². The van der Waals surface area contributed by atoms with Crippen molar-refractivity contribution in [3.05, 3.63) is 0 Å². The standard InChI is InChI=1S/C14H24O2Si/c1-15-17(16-2,13-9-5-3-6-10(9)13)14-11-7-4-8-12(11)14/h9-14H,3-8H2,1-2H3. The molecule has 3 heteroatoms. The minimum atomic E-state index is -1.87. The first-order valence-corrected chi connectivity index (χ1v) is 9.41. The van der Waals surface area contributed by atoms with Gasteiger partial charge in [0.25, 0.3) is 0 Å². The van der Waals surface area contributed by atoms with Crippen LogP contribution in [-0.4, -0.2) is 22.8 Å². The normalized spacial score (nSPS) is 51.2. The van der Waals surface area contributed by atoms with Crippen molar-refractivity contribution in [3.63, 3.8) is 0 Å². The quantitative estimate of drug-likeness (QED) is 0.715. The highest BCUT2D eigenvalue weighted by atomic mass is 28.4. The van der Waals surface area contributed by atoms with Gasteiger partial charge in [-0.25, -0.2) is 0 Å². The Balaban J connectivity index is 1.58. The fourth-order valence-electron chi connectivity index (χ4n) is 5.69. The van der Waals surface area contributed by atoms with E-state index in [1.54, 1.807) is 0 Å². The van der Waals surface area contributed by atoms with Crippen LogP contribution >= 0.6 is 0 Å². The average molecular weight is 252 g/mol. The van der Waals surface area contributed by atoms with E-state index in [9.17, 15) is 0 Å². The van der Waals surface area contributed by atoms with Crippen LogP contribution in [0.3, 0.4) is 0 Å². The topological polar surface area (TPSA) is 18.5 Å². The summed E-state index contributed by atoms with van der Waals surface area (Å²) in [7, 11) is 2.02. The van der Waals surface area contributed by atoms with Crippen LogP contribution in [0.5, 0.6) is 0 Å². The number of hydrogen-bond acceptors (Lipinski definition) is 2. The van der Waals surface area contributed by atoms with Crippen molar-refractivity contribution in [3.8, 4) is 0 Å². The molecule has 2 nitrogen and oxygen atoms in total. The van der Waals surface area contributed by atoms with Crippen LogP contribution in [-0.2, 0) is 8.85 Å². The third kappa shape index (κ3) is 1.28. The smallest absolute Gasteiger partial charge is 0.345 e. The van der Waals surface area contributed by atoms with Gasteiger partial charge in [0.1, 0.15) is 0 Å². The van der Waals surface area contributed by atoms with E-state index in [1.807, 2.05) is 14.2 Å². The molecule has 0 aromatic carbocycles. The van der Waals surface area contributed by atoms with Crippen molar-refractivity contribution >= 4 is 8.56 Å². The Morgan fingerprint density at radius 2 is 1.06 bits per heavy atom. The molecule has 4 aliphatic rings. The highest BCUT2D eigenvalue weighted by molar-refractivity contribution is 6.72. The zero-order chi connectivity index (χ0) is 11.6. The summed E-state index contributed by atoms with van der Waals surface area (Å²) < 4.78 is 12.2. The number of hydrogen-bond donors (Lipinski definition) is 0. The van der Waals surface area contributed by atoms with Crippen molar-refractivity contribution in [2.75, 3.05) is 14.2 Å². The molecule has 0 aliphatic heterocycles. The Hall–Kier alpha value is 0.137. The van der Waals surface area contributed by atoms with Crippen LogP contribution in [0.15, 0.2) is 0 Å². The fraction of sp³-hybridized carbons (Fsp3) is 1.00. The van der Waals surface area contributed by atoms with Gasteiger partial charge >= 0.3 is 8.56 Å². The molecule has 0 bridgehead atoms. The second-order valence-electron chi connectivity index (χ2n) is 6.70. The van der Waals surface area contributed by atoms with Crippen molar-refractivity contribution in [2.24, 2.45) is 23.7 Å². The third-order valence-corrected chi connectivity index (χ3v) is 11.2. The van der Waals surface area contributed by atoms with Crippen molar-refractivity contribution in [1.82, 2.24) is 0 Å². The average Bonchev–Trinajstić information content (AvgIpc) is 3.07. The molecule has 0 radical (unpaired) electrons.